The number of ether oxygens (including phenoxy) is 1. The van der Waals surface area contributed by atoms with Crippen LogP contribution in [0.2, 0.25) is 5.02 Å². The van der Waals surface area contributed by atoms with Gasteiger partial charge in [-0.15, -0.1) is 0 Å². The monoisotopic (exact) mass is 434 g/mol. The van der Waals surface area contributed by atoms with Crippen molar-refractivity contribution in [2.24, 2.45) is 0 Å². The molecule has 1 saturated heterocycles. The molecule has 0 bridgehead atoms. The van der Waals surface area contributed by atoms with Crippen LogP contribution in [0.25, 0.3) is 0 Å². The van der Waals surface area contributed by atoms with Gasteiger partial charge in [0.25, 0.3) is 5.91 Å². The Bertz CT molecular complexity index is 1010. The summed E-state index contributed by atoms with van der Waals surface area (Å²) in [4.78, 5) is 19.1. The van der Waals surface area contributed by atoms with Gasteiger partial charge in [0.2, 0.25) is 5.92 Å². The van der Waals surface area contributed by atoms with Crippen LogP contribution >= 0.6 is 11.6 Å². The number of aromatic nitrogens is 1. The normalized spacial score (nSPS) is 15.8. The number of nitrogens with zero attached hydrogens (tertiary/aromatic N) is 3. The van der Waals surface area contributed by atoms with Gasteiger partial charge in [-0.25, -0.2) is 13.8 Å². The van der Waals surface area contributed by atoms with Crippen LogP contribution in [0.1, 0.15) is 40.9 Å². The highest BCUT2D eigenvalue weighted by Gasteiger charge is 2.33. The molecule has 2 heterocycles. The molecule has 0 saturated carbocycles. The molecule has 1 aliphatic rings. The van der Waals surface area contributed by atoms with Gasteiger partial charge in [0, 0.05) is 31.6 Å². The highest BCUT2D eigenvalue weighted by atomic mass is 35.5. The molecule has 1 aliphatic heterocycles. The first-order valence-electron chi connectivity index (χ1n) is 9.43. The second-order valence-corrected chi connectivity index (χ2v) is 7.51. The number of amides is 1. The highest BCUT2D eigenvalue weighted by molar-refractivity contribution is 6.31. The summed E-state index contributed by atoms with van der Waals surface area (Å²) in [6.07, 6.45) is -0.205. The largest absolute Gasteiger partial charge is 0.495 e. The molecule has 6 nitrogen and oxygen atoms in total. The van der Waals surface area contributed by atoms with Crippen LogP contribution in [-0.2, 0) is 0 Å². The fraction of sp³-hybridized carbons (Fsp3) is 0.381. The minimum atomic E-state index is -2.73. The minimum Gasteiger partial charge on any atom is -0.495 e. The van der Waals surface area contributed by atoms with Gasteiger partial charge in [0.1, 0.15) is 17.6 Å². The van der Waals surface area contributed by atoms with Crippen LogP contribution < -0.4 is 15.0 Å². The summed E-state index contributed by atoms with van der Waals surface area (Å²) in [7, 11) is 1.45. The lowest BCUT2D eigenvalue weighted by Gasteiger charge is -2.24. The van der Waals surface area contributed by atoms with Crippen molar-refractivity contribution in [2.75, 3.05) is 30.4 Å². The van der Waals surface area contributed by atoms with Gasteiger partial charge in [0.15, 0.2) is 0 Å². The second kappa shape index (κ2) is 8.84. The number of nitriles is 1. The van der Waals surface area contributed by atoms with E-state index < -0.39 is 11.8 Å². The van der Waals surface area contributed by atoms with Crippen molar-refractivity contribution in [3.63, 3.8) is 0 Å². The number of hydrogen-bond acceptors (Lipinski definition) is 5. The zero-order valence-corrected chi connectivity index (χ0v) is 17.4. The van der Waals surface area contributed by atoms with Gasteiger partial charge in [-0.2, -0.15) is 5.26 Å². The van der Waals surface area contributed by atoms with Gasteiger partial charge in [-0.1, -0.05) is 11.6 Å². The molecule has 1 fully saturated rings. The van der Waals surface area contributed by atoms with Crippen LogP contribution in [0, 0.1) is 18.3 Å². The van der Waals surface area contributed by atoms with E-state index in [1.54, 1.807) is 24.0 Å². The summed E-state index contributed by atoms with van der Waals surface area (Å²) in [6.45, 7) is 2.15. The van der Waals surface area contributed by atoms with Crippen molar-refractivity contribution in [2.45, 2.75) is 32.1 Å². The summed E-state index contributed by atoms with van der Waals surface area (Å²) in [5.41, 5.74) is 1.35. The van der Waals surface area contributed by atoms with Gasteiger partial charge < -0.3 is 15.0 Å². The number of alkyl halides is 2. The maximum Gasteiger partial charge on any atom is 0.259 e. The number of methoxy groups -OCH3 is 1. The van der Waals surface area contributed by atoms with Crippen LogP contribution in [0.5, 0.6) is 5.75 Å². The Kier molecular flexibility index (Phi) is 6.42. The van der Waals surface area contributed by atoms with Crippen LogP contribution in [0.4, 0.5) is 20.3 Å². The number of rotatable bonds is 4. The highest BCUT2D eigenvalue weighted by Crippen LogP contribution is 2.32. The number of carbonyl (C=O) groups is 1. The summed E-state index contributed by atoms with van der Waals surface area (Å²) >= 11 is 6.20. The fourth-order valence-corrected chi connectivity index (χ4v) is 3.47. The molecule has 0 radical (unpaired) electrons. The van der Waals surface area contributed by atoms with Crippen LogP contribution in [-0.4, -0.2) is 37.0 Å². The molecule has 0 spiro atoms. The molecule has 30 heavy (non-hydrogen) atoms. The van der Waals surface area contributed by atoms with E-state index in [1.165, 1.54) is 19.2 Å². The molecule has 0 unspecified atom stereocenters. The van der Waals surface area contributed by atoms with E-state index in [9.17, 15) is 18.8 Å². The van der Waals surface area contributed by atoms with Gasteiger partial charge in [0.05, 0.1) is 29.0 Å². The zero-order chi connectivity index (χ0) is 21.9. The van der Waals surface area contributed by atoms with Crippen molar-refractivity contribution in [3.8, 4) is 11.8 Å². The second-order valence-electron chi connectivity index (χ2n) is 7.10. The Morgan fingerprint density at radius 2 is 2.10 bits per heavy atom. The lowest BCUT2D eigenvalue weighted by atomic mass is 10.1. The number of hydrogen-bond donors (Lipinski definition) is 1. The maximum absolute atomic E-state index is 13.8. The van der Waals surface area contributed by atoms with Crippen molar-refractivity contribution in [3.05, 3.63) is 46.1 Å². The van der Waals surface area contributed by atoms with E-state index >= 15 is 0 Å². The van der Waals surface area contributed by atoms with Crippen LogP contribution in [0.15, 0.2) is 24.3 Å². The number of halogens is 3. The third-order valence-corrected chi connectivity index (χ3v) is 5.35. The van der Waals surface area contributed by atoms with E-state index in [0.29, 0.717) is 40.9 Å². The maximum atomic E-state index is 13.8. The van der Waals surface area contributed by atoms with Crippen molar-refractivity contribution in [1.82, 2.24) is 4.98 Å². The van der Waals surface area contributed by atoms with Crippen molar-refractivity contribution < 1.29 is 18.3 Å². The Hall–Kier alpha value is -2.92. The molecule has 0 atom stereocenters. The van der Waals surface area contributed by atoms with Gasteiger partial charge in [-0.05, 0) is 37.6 Å². The molecule has 1 aromatic carbocycles. The predicted octanol–water partition coefficient (Wildman–Crippen LogP) is 4.80. The van der Waals surface area contributed by atoms with Crippen molar-refractivity contribution in [1.29, 1.82) is 5.26 Å². The zero-order valence-electron chi connectivity index (χ0n) is 16.6. The summed E-state index contributed by atoms with van der Waals surface area (Å²) in [5.74, 6) is -2.51. The van der Waals surface area contributed by atoms with Crippen LogP contribution in [0.3, 0.4) is 0 Å². The average molecular weight is 435 g/mol. The smallest absolute Gasteiger partial charge is 0.259 e. The number of benzene rings is 1. The summed E-state index contributed by atoms with van der Waals surface area (Å²) in [5, 5.41) is 12.3. The Balaban J connectivity index is 1.92. The SMILES string of the molecule is COc1ccc(NC(=O)c2cc(Cl)c(C)nc2N2CCCC(F)(F)CC2)cc1C#N. The number of nitrogens with one attached hydrogen (secondary N) is 1. The number of aryl methyl sites for hydroxylation is 1. The molecular formula is C21H21ClF2N4O2. The summed E-state index contributed by atoms with van der Waals surface area (Å²) < 4.78 is 32.7. The first-order chi connectivity index (χ1) is 14.2. The fourth-order valence-electron chi connectivity index (χ4n) is 3.32. The third kappa shape index (κ3) is 4.79. The van der Waals surface area contributed by atoms with E-state index in [-0.39, 0.29) is 30.5 Å². The van der Waals surface area contributed by atoms with E-state index in [2.05, 4.69) is 10.3 Å². The van der Waals surface area contributed by atoms with E-state index in [4.69, 9.17) is 16.3 Å². The molecule has 1 N–H and O–H groups in total. The number of anilines is 2. The molecule has 3 rings (SSSR count). The lowest BCUT2D eigenvalue weighted by molar-refractivity contribution is -0.0102. The van der Waals surface area contributed by atoms with Crippen molar-refractivity contribution >= 4 is 29.0 Å². The van der Waals surface area contributed by atoms with Gasteiger partial charge >= 0.3 is 0 Å². The average Bonchev–Trinajstić information content (AvgIpc) is 2.89. The molecule has 0 aliphatic carbocycles. The standard InChI is InChI=1S/C21H21ClF2N4O2/c1-13-17(22)11-16(19(26-13)28-8-3-6-21(23,24)7-9-28)20(29)27-15-4-5-18(30-2)14(10-15)12-25/h4-5,10-11H,3,6-9H2,1-2H3,(H,27,29). The first kappa shape index (κ1) is 21.8. The molecule has 1 aromatic heterocycles. The molecule has 9 heteroatoms. The number of carbonyl (C=O) groups excluding carboxylic acids is 1. The lowest BCUT2D eigenvalue weighted by Crippen LogP contribution is -2.29. The quantitative estimate of drug-likeness (QED) is 0.747. The summed E-state index contributed by atoms with van der Waals surface area (Å²) in [6, 6.07) is 8.17. The van der Waals surface area contributed by atoms with Gasteiger partial charge in [-0.3, -0.25) is 4.79 Å². The minimum absolute atomic E-state index is 0.0858. The molecule has 1 amide bonds. The molecule has 158 valence electrons. The Labute approximate surface area is 178 Å². The number of pyridine rings is 1. The predicted molar refractivity (Wildman–Crippen MR) is 111 cm³/mol. The Morgan fingerprint density at radius 3 is 2.80 bits per heavy atom. The van der Waals surface area contributed by atoms with E-state index in [1.807, 2.05) is 6.07 Å². The first-order valence-corrected chi connectivity index (χ1v) is 9.81. The molecule has 2 aromatic rings. The van der Waals surface area contributed by atoms with E-state index in [0.717, 1.165) is 0 Å². The Morgan fingerprint density at radius 1 is 1.33 bits per heavy atom. The third-order valence-electron chi connectivity index (χ3n) is 4.97. The molecular weight excluding hydrogens is 414 g/mol. The topological polar surface area (TPSA) is 78.2 Å².